The minimum absolute atomic E-state index is 0.147. The molecule has 0 spiro atoms. The number of hydrogen-bond donors (Lipinski definition) is 0. The number of rotatable bonds is 5. The molecule has 0 heterocycles. The molecule has 1 saturated carbocycles. The van der Waals surface area contributed by atoms with Gasteiger partial charge in [0.05, 0.1) is 6.61 Å². The van der Waals surface area contributed by atoms with E-state index in [1.807, 2.05) is 20.8 Å². The molecule has 1 aliphatic carbocycles. The first-order valence-electron chi connectivity index (χ1n) is 7.10. The van der Waals surface area contributed by atoms with Crippen LogP contribution in [-0.4, -0.2) is 12.8 Å². The van der Waals surface area contributed by atoms with E-state index in [1.54, 1.807) is 0 Å². The van der Waals surface area contributed by atoms with Crippen molar-refractivity contribution in [3.05, 3.63) is 29.3 Å². The van der Waals surface area contributed by atoms with E-state index in [9.17, 15) is 13.2 Å². The second-order valence-corrected chi connectivity index (χ2v) is 6.24. The van der Waals surface area contributed by atoms with E-state index in [1.165, 1.54) is 6.07 Å². The first-order valence-corrected chi connectivity index (χ1v) is 7.10. The van der Waals surface area contributed by atoms with Gasteiger partial charge in [-0.25, -0.2) is 13.2 Å². The van der Waals surface area contributed by atoms with Crippen LogP contribution in [0.4, 0.5) is 13.2 Å². The van der Waals surface area contributed by atoms with Crippen LogP contribution in [0.1, 0.15) is 45.6 Å². The van der Waals surface area contributed by atoms with Crippen molar-refractivity contribution >= 4 is 0 Å². The predicted molar refractivity (Wildman–Crippen MR) is 72.8 cm³/mol. The van der Waals surface area contributed by atoms with Gasteiger partial charge in [0.2, 0.25) is 0 Å². The van der Waals surface area contributed by atoms with Crippen LogP contribution >= 0.6 is 0 Å². The Kier molecular flexibility index (Phi) is 4.31. The molecule has 1 nitrogen and oxygen atoms in total. The van der Waals surface area contributed by atoms with Crippen LogP contribution in [0, 0.1) is 17.6 Å². The fourth-order valence-corrected chi connectivity index (χ4v) is 2.50. The molecule has 1 aromatic carbocycles. The van der Waals surface area contributed by atoms with E-state index >= 15 is 0 Å². The van der Waals surface area contributed by atoms with E-state index in [0.717, 1.165) is 6.07 Å². The molecule has 1 aliphatic rings. The molecule has 0 aliphatic heterocycles. The monoisotopic (exact) mass is 286 g/mol. The Morgan fingerprint density at radius 3 is 2.45 bits per heavy atom. The summed E-state index contributed by atoms with van der Waals surface area (Å²) in [4.78, 5) is 0. The van der Waals surface area contributed by atoms with Crippen molar-refractivity contribution in [2.24, 2.45) is 5.92 Å². The number of alkyl halides is 1. The summed E-state index contributed by atoms with van der Waals surface area (Å²) in [6.07, 6.45) is 0.913. The van der Waals surface area contributed by atoms with Crippen LogP contribution < -0.4 is 4.74 Å². The van der Waals surface area contributed by atoms with Crippen LogP contribution in [0.15, 0.2) is 12.1 Å². The van der Waals surface area contributed by atoms with Crippen molar-refractivity contribution in [1.29, 1.82) is 0 Å². The second-order valence-electron chi connectivity index (χ2n) is 6.24. The Morgan fingerprint density at radius 1 is 1.25 bits per heavy atom. The molecular formula is C16H21F3O. The maximum atomic E-state index is 14.1. The Labute approximate surface area is 118 Å². The molecule has 20 heavy (non-hydrogen) atoms. The summed E-state index contributed by atoms with van der Waals surface area (Å²) in [5.74, 6) is -0.834. The van der Waals surface area contributed by atoms with Gasteiger partial charge in [0.25, 0.3) is 0 Å². The zero-order chi connectivity index (χ0) is 14.9. The molecule has 0 atom stereocenters. The standard InChI is InChI=1S/C16H21F3O/c1-4-16(2,3)15-13(19)7-12(18)8-14(15)20-9-10-5-11(17)6-10/h7-8,10-11H,4-6,9H2,1-3H3. The van der Waals surface area contributed by atoms with Gasteiger partial charge >= 0.3 is 0 Å². The van der Waals surface area contributed by atoms with Crippen molar-refractivity contribution in [2.45, 2.75) is 51.6 Å². The third kappa shape index (κ3) is 3.10. The molecule has 0 amide bonds. The van der Waals surface area contributed by atoms with E-state index in [-0.39, 0.29) is 11.7 Å². The normalized spacial score (nSPS) is 22.5. The first-order chi connectivity index (χ1) is 9.33. The zero-order valence-electron chi connectivity index (χ0n) is 12.2. The van der Waals surface area contributed by atoms with Crippen LogP contribution in [0.3, 0.4) is 0 Å². The molecule has 1 fully saturated rings. The van der Waals surface area contributed by atoms with E-state index in [2.05, 4.69) is 0 Å². The highest BCUT2D eigenvalue weighted by Crippen LogP contribution is 2.38. The Hall–Kier alpha value is -1.19. The predicted octanol–water partition coefficient (Wildman–Crippen LogP) is 4.78. The van der Waals surface area contributed by atoms with Crippen LogP contribution in [0.2, 0.25) is 0 Å². The molecule has 0 radical (unpaired) electrons. The number of ether oxygens (including phenoxy) is 1. The SMILES string of the molecule is CCC(C)(C)c1c(F)cc(F)cc1OCC1CC(F)C1. The molecule has 0 N–H and O–H groups in total. The van der Waals surface area contributed by atoms with E-state index in [4.69, 9.17) is 4.74 Å². The highest BCUT2D eigenvalue weighted by molar-refractivity contribution is 5.40. The fraction of sp³-hybridized carbons (Fsp3) is 0.625. The van der Waals surface area contributed by atoms with Crippen molar-refractivity contribution in [3.8, 4) is 5.75 Å². The molecule has 0 bridgehead atoms. The average molecular weight is 286 g/mol. The van der Waals surface area contributed by atoms with Gasteiger partial charge < -0.3 is 4.74 Å². The van der Waals surface area contributed by atoms with Gasteiger partial charge in [0.15, 0.2) is 0 Å². The lowest BCUT2D eigenvalue weighted by Gasteiger charge is -2.31. The lowest BCUT2D eigenvalue weighted by Crippen LogP contribution is -2.30. The van der Waals surface area contributed by atoms with Gasteiger partial charge in [-0.05, 0) is 30.6 Å². The smallest absolute Gasteiger partial charge is 0.133 e. The summed E-state index contributed by atoms with van der Waals surface area (Å²) >= 11 is 0. The number of halogens is 3. The van der Waals surface area contributed by atoms with Crippen molar-refractivity contribution in [3.63, 3.8) is 0 Å². The van der Waals surface area contributed by atoms with Gasteiger partial charge in [-0.1, -0.05) is 20.8 Å². The number of benzene rings is 1. The minimum Gasteiger partial charge on any atom is -0.493 e. The Morgan fingerprint density at radius 2 is 1.90 bits per heavy atom. The summed E-state index contributed by atoms with van der Waals surface area (Å²) < 4.78 is 45.9. The van der Waals surface area contributed by atoms with Crippen LogP contribution in [0.5, 0.6) is 5.75 Å². The van der Waals surface area contributed by atoms with Gasteiger partial charge in [-0.2, -0.15) is 0 Å². The van der Waals surface area contributed by atoms with Gasteiger partial charge in [0, 0.05) is 17.7 Å². The molecule has 0 saturated heterocycles. The quantitative estimate of drug-likeness (QED) is 0.757. The summed E-state index contributed by atoms with van der Waals surface area (Å²) in [7, 11) is 0. The summed E-state index contributed by atoms with van der Waals surface area (Å²) in [5.41, 5.74) is -0.0347. The average Bonchev–Trinajstić information content (AvgIpc) is 2.32. The fourth-order valence-electron chi connectivity index (χ4n) is 2.50. The van der Waals surface area contributed by atoms with E-state index < -0.39 is 23.2 Å². The van der Waals surface area contributed by atoms with Crippen LogP contribution in [0.25, 0.3) is 0 Å². The largest absolute Gasteiger partial charge is 0.493 e. The summed E-state index contributed by atoms with van der Waals surface area (Å²) in [6, 6.07) is 2.11. The van der Waals surface area contributed by atoms with Crippen LogP contribution in [-0.2, 0) is 5.41 Å². The Balaban J connectivity index is 2.21. The van der Waals surface area contributed by atoms with Gasteiger partial charge in [-0.3, -0.25) is 0 Å². The topological polar surface area (TPSA) is 9.23 Å². The lowest BCUT2D eigenvalue weighted by atomic mass is 9.81. The van der Waals surface area contributed by atoms with E-state index in [0.29, 0.717) is 31.4 Å². The molecule has 1 aromatic rings. The maximum absolute atomic E-state index is 14.1. The molecule has 4 heteroatoms. The maximum Gasteiger partial charge on any atom is 0.133 e. The first kappa shape index (κ1) is 15.2. The second kappa shape index (κ2) is 5.66. The number of hydrogen-bond acceptors (Lipinski definition) is 1. The highest BCUT2D eigenvalue weighted by atomic mass is 19.1. The molecular weight excluding hydrogens is 265 g/mol. The summed E-state index contributed by atoms with van der Waals surface area (Å²) in [5, 5.41) is 0. The lowest BCUT2D eigenvalue weighted by molar-refractivity contribution is 0.0848. The van der Waals surface area contributed by atoms with Gasteiger partial charge in [-0.15, -0.1) is 0 Å². The summed E-state index contributed by atoms with van der Waals surface area (Å²) in [6.45, 7) is 6.07. The molecule has 112 valence electrons. The van der Waals surface area contributed by atoms with Crippen molar-refractivity contribution < 1.29 is 17.9 Å². The third-order valence-electron chi connectivity index (χ3n) is 4.23. The van der Waals surface area contributed by atoms with Crippen molar-refractivity contribution in [2.75, 3.05) is 6.61 Å². The molecule has 0 aromatic heterocycles. The Bertz CT molecular complexity index is 479. The molecule has 2 rings (SSSR count). The van der Waals surface area contributed by atoms with Crippen molar-refractivity contribution in [1.82, 2.24) is 0 Å². The third-order valence-corrected chi connectivity index (χ3v) is 4.23. The minimum atomic E-state index is -0.751. The zero-order valence-corrected chi connectivity index (χ0v) is 12.2. The highest BCUT2D eigenvalue weighted by Gasteiger charge is 2.31. The molecule has 0 unspecified atom stereocenters. The van der Waals surface area contributed by atoms with Gasteiger partial charge in [0.1, 0.15) is 23.6 Å².